The van der Waals surface area contributed by atoms with E-state index in [4.69, 9.17) is 31.5 Å². The Morgan fingerprint density at radius 2 is 1.95 bits per heavy atom. The molecule has 0 fully saturated rings. The first kappa shape index (κ1) is 12.0. The van der Waals surface area contributed by atoms with Crippen LogP contribution in [0.25, 0.3) is 0 Å². The number of nitrogen functional groups attached to an aromatic ring is 1. The van der Waals surface area contributed by atoms with E-state index in [1.165, 1.54) is 0 Å². The van der Waals surface area contributed by atoms with Gasteiger partial charge in [-0.15, -0.1) is 0 Å². The first-order valence-corrected chi connectivity index (χ1v) is 6.16. The number of ether oxygens (including phenoxy) is 3. The van der Waals surface area contributed by atoms with Crippen molar-refractivity contribution in [3.05, 3.63) is 47.0 Å². The fraction of sp³-hybridized carbons (Fsp3) is 0.143. The second-order valence-electron chi connectivity index (χ2n) is 4.15. The molecule has 4 nitrogen and oxygen atoms in total. The largest absolute Gasteiger partial charge is 0.489 e. The van der Waals surface area contributed by atoms with E-state index in [1.807, 2.05) is 12.1 Å². The topological polar surface area (TPSA) is 53.7 Å². The van der Waals surface area contributed by atoms with E-state index in [2.05, 4.69) is 0 Å². The maximum Gasteiger partial charge on any atom is 0.231 e. The number of hydrogen-bond acceptors (Lipinski definition) is 4. The first-order valence-electron chi connectivity index (χ1n) is 5.79. The van der Waals surface area contributed by atoms with Crippen LogP contribution in [0.1, 0.15) is 5.56 Å². The molecule has 0 unspecified atom stereocenters. The van der Waals surface area contributed by atoms with Crippen molar-refractivity contribution in [1.82, 2.24) is 0 Å². The van der Waals surface area contributed by atoms with Crippen LogP contribution in [0.4, 0.5) is 5.69 Å². The molecule has 2 N–H and O–H groups in total. The van der Waals surface area contributed by atoms with E-state index in [9.17, 15) is 0 Å². The molecular weight excluding hydrogens is 266 g/mol. The van der Waals surface area contributed by atoms with Crippen molar-refractivity contribution in [1.29, 1.82) is 0 Å². The highest BCUT2D eigenvalue weighted by Crippen LogP contribution is 2.35. The molecule has 1 heterocycles. The smallest absolute Gasteiger partial charge is 0.231 e. The van der Waals surface area contributed by atoms with Crippen molar-refractivity contribution in [2.75, 3.05) is 12.5 Å². The SMILES string of the molecule is Nc1ccc(Cl)c(COc2ccc3c(c2)OCO3)c1. The van der Waals surface area contributed by atoms with E-state index in [0.29, 0.717) is 28.8 Å². The minimum absolute atomic E-state index is 0.250. The minimum atomic E-state index is 0.250. The van der Waals surface area contributed by atoms with Gasteiger partial charge in [-0.3, -0.25) is 0 Å². The molecule has 1 aliphatic heterocycles. The van der Waals surface area contributed by atoms with Gasteiger partial charge in [0.2, 0.25) is 6.79 Å². The maximum atomic E-state index is 6.08. The molecule has 1 aliphatic rings. The average Bonchev–Trinajstić information content (AvgIpc) is 2.87. The van der Waals surface area contributed by atoms with Crippen molar-refractivity contribution < 1.29 is 14.2 Å². The lowest BCUT2D eigenvalue weighted by Crippen LogP contribution is -1.97. The summed E-state index contributed by atoms with van der Waals surface area (Å²) >= 11 is 6.08. The van der Waals surface area contributed by atoms with Crippen LogP contribution in [0, 0.1) is 0 Å². The van der Waals surface area contributed by atoms with Crippen molar-refractivity contribution in [2.45, 2.75) is 6.61 Å². The molecule has 2 aromatic carbocycles. The molecule has 0 saturated carbocycles. The van der Waals surface area contributed by atoms with Crippen LogP contribution < -0.4 is 19.9 Å². The molecule has 0 aliphatic carbocycles. The first-order chi connectivity index (χ1) is 9.22. The summed E-state index contributed by atoms with van der Waals surface area (Å²) in [7, 11) is 0. The van der Waals surface area contributed by atoms with Crippen molar-refractivity contribution >= 4 is 17.3 Å². The summed E-state index contributed by atoms with van der Waals surface area (Å²) in [6, 6.07) is 10.8. The third-order valence-electron chi connectivity index (χ3n) is 2.81. The predicted octanol–water partition coefficient (Wildman–Crippen LogP) is 3.23. The third-order valence-corrected chi connectivity index (χ3v) is 3.18. The zero-order chi connectivity index (χ0) is 13.2. The molecule has 0 bridgehead atoms. The second kappa shape index (κ2) is 4.90. The summed E-state index contributed by atoms with van der Waals surface area (Å²) in [6.07, 6.45) is 0. The lowest BCUT2D eigenvalue weighted by atomic mass is 10.2. The Morgan fingerprint density at radius 3 is 2.84 bits per heavy atom. The molecule has 0 spiro atoms. The van der Waals surface area contributed by atoms with Crippen LogP contribution >= 0.6 is 11.6 Å². The molecule has 5 heteroatoms. The Labute approximate surface area is 115 Å². The highest BCUT2D eigenvalue weighted by molar-refractivity contribution is 6.31. The Bertz CT molecular complexity index is 616. The van der Waals surface area contributed by atoms with Gasteiger partial charge in [0.25, 0.3) is 0 Å². The van der Waals surface area contributed by atoms with Gasteiger partial charge in [-0.05, 0) is 30.3 Å². The van der Waals surface area contributed by atoms with Gasteiger partial charge in [-0.1, -0.05) is 11.6 Å². The normalized spacial score (nSPS) is 12.5. The summed E-state index contributed by atoms with van der Waals surface area (Å²) in [5.74, 6) is 2.12. The number of halogens is 1. The van der Waals surface area contributed by atoms with E-state index in [1.54, 1.807) is 24.3 Å². The van der Waals surface area contributed by atoms with Gasteiger partial charge in [0.15, 0.2) is 11.5 Å². The third kappa shape index (κ3) is 2.53. The average molecular weight is 278 g/mol. The van der Waals surface area contributed by atoms with Crippen LogP contribution in [0.3, 0.4) is 0 Å². The fourth-order valence-corrected chi connectivity index (χ4v) is 2.01. The van der Waals surface area contributed by atoms with Crippen LogP contribution in [-0.4, -0.2) is 6.79 Å². The van der Waals surface area contributed by atoms with Crippen LogP contribution in [0.15, 0.2) is 36.4 Å². The lowest BCUT2D eigenvalue weighted by Gasteiger charge is -2.09. The van der Waals surface area contributed by atoms with Crippen LogP contribution in [0.2, 0.25) is 5.02 Å². The highest BCUT2D eigenvalue weighted by atomic mass is 35.5. The molecule has 0 amide bonds. The van der Waals surface area contributed by atoms with Gasteiger partial charge in [0.05, 0.1) is 0 Å². The lowest BCUT2D eigenvalue weighted by molar-refractivity contribution is 0.173. The molecular formula is C14H12ClNO3. The summed E-state index contributed by atoms with van der Waals surface area (Å²) in [5, 5.41) is 0.634. The van der Waals surface area contributed by atoms with Gasteiger partial charge < -0.3 is 19.9 Å². The van der Waals surface area contributed by atoms with E-state index < -0.39 is 0 Å². The number of nitrogens with two attached hydrogens (primary N) is 1. The Morgan fingerprint density at radius 1 is 1.11 bits per heavy atom. The molecule has 2 aromatic rings. The zero-order valence-corrected chi connectivity index (χ0v) is 10.8. The number of anilines is 1. The monoisotopic (exact) mass is 277 g/mol. The van der Waals surface area contributed by atoms with Crippen molar-refractivity contribution in [2.24, 2.45) is 0 Å². The van der Waals surface area contributed by atoms with E-state index >= 15 is 0 Å². The Kier molecular flexibility index (Phi) is 3.09. The standard InChI is InChI=1S/C14H12ClNO3/c15-12-3-1-10(16)5-9(12)7-17-11-2-4-13-14(6-11)19-8-18-13/h1-6H,7-8,16H2. The van der Waals surface area contributed by atoms with Gasteiger partial charge >= 0.3 is 0 Å². The summed E-state index contributed by atoms with van der Waals surface area (Å²) in [5.41, 5.74) is 7.23. The Balaban J connectivity index is 1.74. The van der Waals surface area contributed by atoms with E-state index in [-0.39, 0.29) is 6.79 Å². The fourth-order valence-electron chi connectivity index (χ4n) is 1.83. The summed E-state index contributed by atoms with van der Waals surface area (Å²) in [6.45, 7) is 0.601. The van der Waals surface area contributed by atoms with Gasteiger partial charge in [0, 0.05) is 22.3 Å². The minimum Gasteiger partial charge on any atom is -0.489 e. The Hall–Kier alpha value is -2.07. The quantitative estimate of drug-likeness (QED) is 0.875. The molecule has 0 aromatic heterocycles. The summed E-state index contributed by atoms with van der Waals surface area (Å²) in [4.78, 5) is 0. The molecule has 3 rings (SSSR count). The second-order valence-corrected chi connectivity index (χ2v) is 4.56. The van der Waals surface area contributed by atoms with Gasteiger partial charge in [-0.2, -0.15) is 0 Å². The van der Waals surface area contributed by atoms with Crippen molar-refractivity contribution in [3.8, 4) is 17.2 Å². The molecule has 98 valence electrons. The van der Waals surface area contributed by atoms with Crippen molar-refractivity contribution in [3.63, 3.8) is 0 Å². The molecule has 19 heavy (non-hydrogen) atoms. The molecule has 0 atom stereocenters. The number of hydrogen-bond donors (Lipinski definition) is 1. The van der Waals surface area contributed by atoms with Gasteiger partial charge in [-0.25, -0.2) is 0 Å². The maximum absolute atomic E-state index is 6.08. The molecule has 0 radical (unpaired) electrons. The highest BCUT2D eigenvalue weighted by Gasteiger charge is 2.13. The number of benzene rings is 2. The molecule has 0 saturated heterocycles. The number of rotatable bonds is 3. The zero-order valence-electron chi connectivity index (χ0n) is 10.1. The van der Waals surface area contributed by atoms with Gasteiger partial charge in [0.1, 0.15) is 12.4 Å². The van der Waals surface area contributed by atoms with Crippen LogP contribution in [0.5, 0.6) is 17.2 Å². The summed E-state index contributed by atoms with van der Waals surface area (Å²) < 4.78 is 16.2. The van der Waals surface area contributed by atoms with Crippen LogP contribution in [-0.2, 0) is 6.61 Å². The number of fused-ring (bicyclic) bond motifs is 1. The predicted molar refractivity (Wildman–Crippen MR) is 72.8 cm³/mol. The van der Waals surface area contributed by atoms with E-state index in [0.717, 1.165) is 11.3 Å².